The predicted molar refractivity (Wildman–Crippen MR) is 156 cm³/mol. The monoisotopic (exact) mass is 524 g/mol. The summed E-state index contributed by atoms with van der Waals surface area (Å²) in [5.41, 5.74) is 14.0. The minimum Gasteiger partial charge on any atom is -0.396 e. The van der Waals surface area contributed by atoms with Crippen molar-refractivity contribution in [2.45, 2.75) is 50.0 Å². The lowest BCUT2D eigenvalue weighted by Crippen LogP contribution is -2.45. The van der Waals surface area contributed by atoms with Crippen LogP contribution in [0.3, 0.4) is 0 Å². The zero-order valence-electron chi connectivity index (χ0n) is 22.0. The van der Waals surface area contributed by atoms with E-state index in [1.54, 1.807) is 30.2 Å². The fourth-order valence-corrected chi connectivity index (χ4v) is 5.24. The Bertz CT molecular complexity index is 1040. The summed E-state index contributed by atoms with van der Waals surface area (Å²) in [5.74, 6) is -0.400. The molecular formula is C30H41FN4OS. The predicted octanol–water partition coefficient (Wildman–Crippen LogP) is 6.07. The molecule has 5 N–H and O–H groups in total. The molecule has 0 fully saturated rings. The Hall–Kier alpha value is -2.87. The molecule has 2 aromatic rings. The van der Waals surface area contributed by atoms with Crippen LogP contribution in [0.5, 0.6) is 0 Å². The maximum Gasteiger partial charge on any atom is 0.237 e. The van der Waals surface area contributed by atoms with Gasteiger partial charge in [-0.25, -0.2) is 8.70 Å². The van der Waals surface area contributed by atoms with Crippen LogP contribution in [0, 0.1) is 11.7 Å². The largest absolute Gasteiger partial charge is 0.396 e. The number of nitrogens with one attached hydrogen (secondary N) is 1. The highest BCUT2D eigenvalue weighted by Crippen LogP contribution is 2.29. The van der Waals surface area contributed by atoms with Gasteiger partial charge >= 0.3 is 0 Å². The van der Waals surface area contributed by atoms with Crippen LogP contribution in [-0.2, 0) is 4.79 Å². The molecule has 0 spiro atoms. The van der Waals surface area contributed by atoms with Gasteiger partial charge in [-0.15, -0.1) is 0 Å². The van der Waals surface area contributed by atoms with Gasteiger partial charge in [0.2, 0.25) is 5.91 Å². The number of hydrogen-bond acceptors (Lipinski definition) is 5. The lowest BCUT2D eigenvalue weighted by molar-refractivity contribution is -0.122. The average Bonchev–Trinajstić information content (AvgIpc) is 2.87. The SMILES string of the molecule is C=C/C=C(\C=C)C(c1ccccc1)C(N)C(=O)NCCCCCN(CC(C)C)Sc1ccc(N)c(F)c1. The Morgan fingerprint density at radius 3 is 2.49 bits per heavy atom. The van der Waals surface area contributed by atoms with Crippen molar-refractivity contribution in [2.24, 2.45) is 11.7 Å². The van der Waals surface area contributed by atoms with Crippen LogP contribution in [0.15, 0.2) is 90.4 Å². The second kappa shape index (κ2) is 16.1. The van der Waals surface area contributed by atoms with Gasteiger partial charge in [-0.05, 0) is 60.0 Å². The first-order valence-electron chi connectivity index (χ1n) is 12.8. The summed E-state index contributed by atoms with van der Waals surface area (Å²) in [7, 11) is 0. The lowest BCUT2D eigenvalue weighted by atomic mass is 9.84. The van der Waals surface area contributed by atoms with E-state index in [4.69, 9.17) is 11.5 Å². The van der Waals surface area contributed by atoms with E-state index in [9.17, 15) is 9.18 Å². The molecule has 5 nitrogen and oxygen atoms in total. The molecule has 0 saturated carbocycles. The van der Waals surface area contributed by atoms with Gasteiger partial charge in [-0.1, -0.05) is 82.0 Å². The first kappa shape index (κ1) is 30.4. The third-order valence-corrected chi connectivity index (χ3v) is 6.94. The molecule has 0 heterocycles. The number of allylic oxidation sites excluding steroid dienone is 3. The standard InChI is InChI=1S/C30H41FN4OS/c1-5-13-23(6-2)28(24-14-9-7-10-15-24)29(33)30(36)34-18-11-8-12-19-35(21-22(3)4)37-25-16-17-27(32)26(31)20-25/h5-7,9-10,13-17,20,22,28-29H,1-2,8,11-12,18-19,21,32-33H2,3-4H3,(H,34,36)/b23-13+. The Morgan fingerprint density at radius 1 is 1.14 bits per heavy atom. The van der Waals surface area contributed by atoms with Crippen molar-refractivity contribution in [2.75, 3.05) is 25.4 Å². The molecule has 7 heteroatoms. The third-order valence-electron chi connectivity index (χ3n) is 5.88. The number of nitrogen functional groups attached to an aromatic ring is 1. The van der Waals surface area contributed by atoms with E-state index in [0.29, 0.717) is 12.5 Å². The van der Waals surface area contributed by atoms with Gasteiger partial charge in [-0.2, -0.15) is 0 Å². The fraction of sp³-hybridized carbons (Fsp3) is 0.367. The topological polar surface area (TPSA) is 84.4 Å². The fourth-order valence-electron chi connectivity index (χ4n) is 4.07. The number of halogens is 1. The summed E-state index contributed by atoms with van der Waals surface area (Å²) in [6.07, 6.45) is 8.03. The van der Waals surface area contributed by atoms with Gasteiger partial charge in [0.15, 0.2) is 0 Å². The van der Waals surface area contributed by atoms with E-state index >= 15 is 0 Å². The number of unbranched alkanes of at least 4 members (excludes halogenated alkanes) is 2. The van der Waals surface area contributed by atoms with Crippen LogP contribution < -0.4 is 16.8 Å². The van der Waals surface area contributed by atoms with Crippen LogP contribution >= 0.6 is 11.9 Å². The van der Waals surface area contributed by atoms with Crippen molar-refractivity contribution < 1.29 is 9.18 Å². The Labute approximate surface area is 226 Å². The van der Waals surface area contributed by atoms with Crippen molar-refractivity contribution in [3.8, 4) is 0 Å². The van der Waals surface area contributed by atoms with E-state index in [0.717, 1.165) is 48.4 Å². The summed E-state index contributed by atoms with van der Waals surface area (Å²) in [6.45, 7) is 14.3. The first-order valence-corrected chi connectivity index (χ1v) is 13.5. The molecule has 37 heavy (non-hydrogen) atoms. The summed E-state index contributed by atoms with van der Waals surface area (Å²) in [4.78, 5) is 13.8. The molecule has 0 radical (unpaired) electrons. The smallest absolute Gasteiger partial charge is 0.237 e. The number of carbonyl (C=O) groups excluding carboxylic acids is 1. The summed E-state index contributed by atoms with van der Waals surface area (Å²) in [6, 6.07) is 13.9. The second-order valence-electron chi connectivity index (χ2n) is 9.43. The molecule has 2 aromatic carbocycles. The Kier molecular flexibility index (Phi) is 13.2. The van der Waals surface area contributed by atoms with Gasteiger partial charge in [0, 0.05) is 30.4 Å². The van der Waals surface area contributed by atoms with Gasteiger partial charge in [0.25, 0.3) is 0 Å². The van der Waals surface area contributed by atoms with Crippen molar-refractivity contribution in [3.05, 3.63) is 96.9 Å². The van der Waals surface area contributed by atoms with E-state index < -0.39 is 11.9 Å². The van der Waals surface area contributed by atoms with Crippen LogP contribution in [0.4, 0.5) is 10.1 Å². The van der Waals surface area contributed by atoms with E-state index in [1.165, 1.54) is 6.07 Å². The molecule has 0 aliphatic rings. The maximum atomic E-state index is 13.8. The zero-order chi connectivity index (χ0) is 27.2. The van der Waals surface area contributed by atoms with Crippen molar-refractivity contribution in [3.63, 3.8) is 0 Å². The van der Waals surface area contributed by atoms with E-state index in [2.05, 4.69) is 36.6 Å². The van der Waals surface area contributed by atoms with Crippen LogP contribution in [0.25, 0.3) is 0 Å². The van der Waals surface area contributed by atoms with Gasteiger partial charge in [0.1, 0.15) is 5.82 Å². The van der Waals surface area contributed by atoms with Gasteiger partial charge in [0.05, 0.1) is 11.7 Å². The molecule has 0 bridgehead atoms. The molecule has 0 aromatic heterocycles. The molecule has 0 aliphatic heterocycles. The zero-order valence-corrected chi connectivity index (χ0v) is 22.9. The molecule has 2 rings (SSSR count). The highest BCUT2D eigenvalue weighted by Gasteiger charge is 2.27. The summed E-state index contributed by atoms with van der Waals surface area (Å²) >= 11 is 1.55. The quantitative estimate of drug-likeness (QED) is 0.107. The number of anilines is 1. The highest BCUT2D eigenvalue weighted by molar-refractivity contribution is 7.97. The number of nitrogens with zero attached hydrogens (tertiary/aromatic N) is 1. The van der Waals surface area contributed by atoms with Gasteiger partial charge in [-0.3, -0.25) is 4.79 Å². The van der Waals surface area contributed by atoms with Crippen molar-refractivity contribution in [1.29, 1.82) is 0 Å². The number of amides is 1. The van der Waals surface area contributed by atoms with E-state index in [-0.39, 0.29) is 17.5 Å². The molecule has 2 atom stereocenters. The minimum absolute atomic E-state index is 0.161. The van der Waals surface area contributed by atoms with Crippen molar-refractivity contribution in [1.82, 2.24) is 9.62 Å². The number of carbonyl (C=O) groups is 1. The molecule has 200 valence electrons. The molecular weight excluding hydrogens is 483 g/mol. The van der Waals surface area contributed by atoms with E-state index in [1.807, 2.05) is 42.5 Å². The lowest BCUT2D eigenvalue weighted by Gasteiger charge is -2.25. The van der Waals surface area contributed by atoms with Crippen LogP contribution in [-0.4, -0.2) is 35.9 Å². The van der Waals surface area contributed by atoms with Gasteiger partial charge < -0.3 is 16.8 Å². The number of hydrogen-bond donors (Lipinski definition) is 3. The number of rotatable bonds is 16. The maximum absolute atomic E-state index is 13.8. The Morgan fingerprint density at radius 2 is 1.86 bits per heavy atom. The second-order valence-corrected chi connectivity index (χ2v) is 10.6. The normalized spacial score (nSPS) is 13.4. The average molecular weight is 525 g/mol. The van der Waals surface area contributed by atoms with Crippen LogP contribution in [0.1, 0.15) is 44.6 Å². The number of benzene rings is 2. The molecule has 2 unspecified atom stereocenters. The first-order chi connectivity index (χ1) is 17.8. The number of nitrogens with two attached hydrogens (primary N) is 2. The van der Waals surface area contributed by atoms with Crippen molar-refractivity contribution >= 4 is 23.5 Å². The summed E-state index contributed by atoms with van der Waals surface area (Å²) < 4.78 is 16.1. The third kappa shape index (κ3) is 10.2. The van der Waals surface area contributed by atoms with Crippen LogP contribution in [0.2, 0.25) is 0 Å². The molecule has 0 saturated heterocycles. The minimum atomic E-state index is -0.746. The Balaban J connectivity index is 1.85. The molecule has 1 amide bonds. The summed E-state index contributed by atoms with van der Waals surface area (Å²) in [5, 5.41) is 3.00. The molecule has 0 aliphatic carbocycles. The highest BCUT2D eigenvalue weighted by atomic mass is 32.2.